The zero-order valence-electron chi connectivity index (χ0n) is 17.2. The average molecular weight is 432 g/mol. The number of nitrogens with two attached hydrogens (primary N) is 1. The van der Waals surface area contributed by atoms with Crippen LogP contribution in [0.1, 0.15) is 22.8 Å². The minimum absolute atomic E-state index is 0.0819. The van der Waals surface area contributed by atoms with Crippen molar-refractivity contribution in [2.24, 2.45) is 5.73 Å². The molecule has 2 atom stereocenters. The van der Waals surface area contributed by atoms with Crippen molar-refractivity contribution in [1.29, 1.82) is 0 Å². The molecule has 31 heavy (non-hydrogen) atoms. The Morgan fingerprint density at radius 1 is 1.16 bits per heavy atom. The van der Waals surface area contributed by atoms with Crippen LogP contribution in [0, 0.1) is 10.1 Å². The molecule has 0 aliphatic heterocycles. The largest absolute Gasteiger partial charge is 0.493 e. The van der Waals surface area contributed by atoms with Gasteiger partial charge in [-0.3, -0.25) is 19.7 Å². The van der Waals surface area contributed by atoms with Crippen LogP contribution >= 0.6 is 0 Å². The van der Waals surface area contributed by atoms with Crippen molar-refractivity contribution >= 4 is 23.2 Å². The topological polar surface area (TPSA) is 166 Å². The molecule has 0 spiro atoms. The summed E-state index contributed by atoms with van der Waals surface area (Å²) in [5.74, 6) is -0.466. The molecule has 0 heterocycles. The quantitative estimate of drug-likeness (QED) is 0.321. The third-order valence-electron chi connectivity index (χ3n) is 4.46. The Labute approximate surface area is 178 Å². The van der Waals surface area contributed by atoms with Gasteiger partial charge < -0.3 is 30.9 Å². The van der Waals surface area contributed by atoms with E-state index in [-0.39, 0.29) is 23.5 Å². The number of ether oxygens (including phenoxy) is 2. The summed E-state index contributed by atoms with van der Waals surface area (Å²) in [6.45, 7) is 1.45. The molecular formula is C20H24N4O7. The number of benzene rings is 2. The zero-order chi connectivity index (χ0) is 23.1. The molecule has 0 saturated heterocycles. The minimum Gasteiger partial charge on any atom is -0.493 e. The molecule has 5 N–H and O–H groups in total. The summed E-state index contributed by atoms with van der Waals surface area (Å²) in [5, 5.41) is 26.3. The number of rotatable bonds is 10. The first-order chi connectivity index (χ1) is 14.7. The van der Waals surface area contributed by atoms with Crippen LogP contribution in [-0.4, -0.2) is 48.2 Å². The van der Waals surface area contributed by atoms with Gasteiger partial charge in [-0.2, -0.15) is 0 Å². The smallest absolute Gasteiger partial charge is 0.270 e. The van der Waals surface area contributed by atoms with E-state index in [9.17, 15) is 24.8 Å². The predicted octanol–water partition coefficient (Wildman–Crippen LogP) is 1.19. The van der Waals surface area contributed by atoms with E-state index in [1.54, 1.807) is 18.2 Å². The highest BCUT2D eigenvalue weighted by molar-refractivity contribution is 6.01. The normalized spacial score (nSPS) is 12.4. The van der Waals surface area contributed by atoms with Gasteiger partial charge in [0.1, 0.15) is 6.04 Å². The van der Waals surface area contributed by atoms with Crippen molar-refractivity contribution < 1.29 is 29.1 Å². The molecule has 2 aromatic carbocycles. The highest BCUT2D eigenvalue weighted by Crippen LogP contribution is 2.28. The Balaban J connectivity index is 2.29. The molecule has 2 rings (SSSR count). The van der Waals surface area contributed by atoms with Crippen molar-refractivity contribution in [2.75, 3.05) is 19.5 Å². The molecule has 0 aliphatic carbocycles. The number of nitro benzene ring substituents is 1. The van der Waals surface area contributed by atoms with Crippen LogP contribution in [0.5, 0.6) is 11.5 Å². The van der Waals surface area contributed by atoms with Crippen LogP contribution < -0.4 is 25.8 Å². The van der Waals surface area contributed by atoms with Crippen LogP contribution in [-0.2, 0) is 11.3 Å². The number of hydrogen-bond donors (Lipinski definition) is 4. The summed E-state index contributed by atoms with van der Waals surface area (Å²) in [4.78, 5) is 34.9. The number of nitro groups is 1. The Hall–Kier alpha value is -3.86. The molecule has 2 aromatic rings. The number of anilines is 1. The molecule has 0 bridgehead atoms. The fourth-order valence-corrected chi connectivity index (χ4v) is 2.82. The van der Waals surface area contributed by atoms with E-state index in [0.717, 1.165) is 6.07 Å². The molecule has 166 valence electrons. The van der Waals surface area contributed by atoms with Crippen LogP contribution in [0.15, 0.2) is 36.4 Å². The first kappa shape index (κ1) is 23.4. The van der Waals surface area contributed by atoms with E-state index in [1.807, 2.05) is 0 Å². The summed E-state index contributed by atoms with van der Waals surface area (Å²) in [6, 6.07) is 7.43. The van der Waals surface area contributed by atoms with Crippen molar-refractivity contribution in [1.82, 2.24) is 5.32 Å². The number of primary amides is 1. The Bertz CT molecular complexity index is 978. The van der Waals surface area contributed by atoms with Crippen molar-refractivity contribution in [2.45, 2.75) is 25.6 Å². The van der Waals surface area contributed by atoms with Gasteiger partial charge in [-0.1, -0.05) is 6.07 Å². The van der Waals surface area contributed by atoms with E-state index in [4.69, 9.17) is 15.2 Å². The van der Waals surface area contributed by atoms with Gasteiger partial charge in [0, 0.05) is 24.4 Å². The molecule has 2 amide bonds. The van der Waals surface area contributed by atoms with Gasteiger partial charge >= 0.3 is 0 Å². The van der Waals surface area contributed by atoms with E-state index in [0.29, 0.717) is 17.1 Å². The number of aliphatic hydroxyl groups excluding tert-OH is 1. The fourth-order valence-electron chi connectivity index (χ4n) is 2.82. The Morgan fingerprint density at radius 3 is 2.39 bits per heavy atom. The second kappa shape index (κ2) is 10.3. The highest BCUT2D eigenvalue weighted by atomic mass is 16.6. The number of non-ortho nitro benzene ring substituents is 1. The number of carbonyl (C=O) groups excluding carboxylic acids is 2. The Morgan fingerprint density at radius 2 is 1.84 bits per heavy atom. The van der Waals surface area contributed by atoms with Gasteiger partial charge in [0.25, 0.3) is 11.6 Å². The van der Waals surface area contributed by atoms with E-state index in [2.05, 4.69) is 10.6 Å². The number of hydrogen-bond acceptors (Lipinski definition) is 8. The maximum Gasteiger partial charge on any atom is 0.270 e. The third-order valence-corrected chi connectivity index (χ3v) is 4.46. The standard InChI is InChI=1S/C20H24N4O7/c1-11(25)18(19(21)26)23-15-6-5-13(24(28)29)9-14(15)20(27)22-10-12-4-7-16(30-2)17(8-12)31-3/h4-9,11,18,23,25H,10H2,1-3H3,(H2,21,26)(H,22,27)/t11-,18+/m1/s1. The molecule has 0 radical (unpaired) electrons. The van der Waals surface area contributed by atoms with Crippen LogP contribution in [0.4, 0.5) is 11.4 Å². The molecule has 0 aromatic heterocycles. The summed E-state index contributed by atoms with van der Waals surface area (Å²) >= 11 is 0. The maximum absolute atomic E-state index is 12.8. The number of nitrogens with one attached hydrogen (secondary N) is 2. The first-order valence-corrected chi connectivity index (χ1v) is 9.19. The van der Waals surface area contributed by atoms with Crippen molar-refractivity contribution in [3.8, 4) is 11.5 Å². The highest BCUT2D eigenvalue weighted by Gasteiger charge is 2.24. The molecular weight excluding hydrogens is 408 g/mol. The monoisotopic (exact) mass is 432 g/mol. The van der Waals surface area contributed by atoms with Crippen LogP contribution in [0.25, 0.3) is 0 Å². The number of amides is 2. The maximum atomic E-state index is 12.8. The van der Waals surface area contributed by atoms with Crippen LogP contribution in [0.3, 0.4) is 0 Å². The van der Waals surface area contributed by atoms with Gasteiger partial charge in [0.05, 0.1) is 30.8 Å². The first-order valence-electron chi connectivity index (χ1n) is 9.19. The lowest BCUT2D eigenvalue weighted by Crippen LogP contribution is -2.43. The van der Waals surface area contributed by atoms with Gasteiger partial charge in [0.2, 0.25) is 5.91 Å². The molecule has 0 unspecified atom stereocenters. The molecule has 0 saturated carbocycles. The Kier molecular flexibility index (Phi) is 7.75. The second-order valence-electron chi connectivity index (χ2n) is 6.62. The minimum atomic E-state index is -1.20. The summed E-state index contributed by atoms with van der Waals surface area (Å²) in [5.41, 5.74) is 5.70. The summed E-state index contributed by atoms with van der Waals surface area (Å²) < 4.78 is 10.4. The summed E-state index contributed by atoms with van der Waals surface area (Å²) in [6.07, 6.45) is -1.16. The fraction of sp³-hybridized carbons (Fsp3) is 0.300. The number of carbonyl (C=O) groups is 2. The van der Waals surface area contributed by atoms with Crippen molar-refractivity contribution in [3.63, 3.8) is 0 Å². The second-order valence-corrected chi connectivity index (χ2v) is 6.62. The molecule has 0 fully saturated rings. The third kappa shape index (κ3) is 5.82. The summed E-state index contributed by atoms with van der Waals surface area (Å²) in [7, 11) is 2.99. The zero-order valence-corrected chi connectivity index (χ0v) is 17.2. The van der Waals surface area contributed by atoms with Gasteiger partial charge in [-0.25, -0.2) is 0 Å². The average Bonchev–Trinajstić information content (AvgIpc) is 2.74. The lowest BCUT2D eigenvalue weighted by Gasteiger charge is -2.21. The van der Waals surface area contributed by atoms with E-state index < -0.39 is 28.9 Å². The van der Waals surface area contributed by atoms with Crippen LogP contribution in [0.2, 0.25) is 0 Å². The predicted molar refractivity (Wildman–Crippen MR) is 112 cm³/mol. The molecule has 0 aliphatic rings. The molecule has 11 heteroatoms. The number of nitrogens with zero attached hydrogens (tertiary/aromatic N) is 1. The lowest BCUT2D eigenvalue weighted by atomic mass is 10.1. The van der Waals surface area contributed by atoms with Crippen molar-refractivity contribution in [3.05, 3.63) is 57.6 Å². The van der Waals surface area contributed by atoms with Gasteiger partial charge in [-0.05, 0) is 30.7 Å². The lowest BCUT2D eigenvalue weighted by molar-refractivity contribution is -0.384. The van der Waals surface area contributed by atoms with E-state index in [1.165, 1.54) is 33.3 Å². The van der Waals surface area contributed by atoms with E-state index >= 15 is 0 Å². The number of aliphatic hydroxyl groups is 1. The SMILES string of the molecule is COc1ccc(CNC(=O)c2cc([N+](=O)[O-])ccc2N[C@H](C(N)=O)[C@@H](C)O)cc1OC. The van der Waals surface area contributed by atoms with Gasteiger partial charge in [0.15, 0.2) is 11.5 Å². The molecule has 11 nitrogen and oxygen atoms in total. The number of methoxy groups -OCH3 is 2. The van der Waals surface area contributed by atoms with Gasteiger partial charge in [-0.15, -0.1) is 0 Å².